The summed E-state index contributed by atoms with van der Waals surface area (Å²) in [5, 5.41) is 6.27. The maximum atomic E-state index is 12.4. The van der Waals surface area contributed by atoms with Crippen molar-refractivity contribution >= 4 is 23.0 Å². The first-order chi connectivity index (χ1) is 13.6. The monoisotopic (exact) mass is 376 g/mol. The first kappa shape index (κ1) is 19.3. The molecule has 3 aromatic carbocycles. The van der Waals surface area contributed by atoms with Crippen molar-refractivity contribution in [2.75, 3.05) is 24.9 Å². The third kappa shape index (κ3) is 5.04. The van der Waals surface area contributed by atoms with Crippen LogP contribution in [0.4, 0.5) is 17.1 Å². The Kier molecular flexibility index (Phi) is 6.17. The van der Waals surface area contributed by atoms with E-state index in [1.807, 2.05) is 48.5 Å². The fraction of sp³-hybridized carbons (Fsp3) is 0.174. The predicted molar refractivity (Wildman–Crippen MR) is 113 cm³/mol. The molecule has 0 aliphatic carbocycles. The van der Waals surface area contributed by atoms with Crippen molar-refractivity contribution in [1.29, 1.82) is 0 Å². The minimum absolute atomic E-state index is 0.0911. The number of amides is 1. The molecule has 0 heterocycles. The normalized spacial score (nSPS) is 10.2. The number of aryl methyl sites for hydroxylation is 1. The lowest BCUT2D eigenvalue weighted by Crippen LogP contribution is -2.14. The van der Waals surface area contributed by atoms with Crippen LogP contribution < -0.4 is 20.1 Å². The van der Waals surface area contributed by atoms with Gasteiger partial charge in [-0.05, 0) is 66.6 Å². The second kappa shape index (κ2) is 8.95. The van der Waals surface area contributed by atoms with Gasteiger partial charge in [-0.2, -0.15) is 0 Å². The van der Waals surface area contributed by atoms with Gasteiger partial charge >= 0.3 is 0 Å². The molecule has 0 atom stereocenters. The van der Waals surface area contributed by atoms with Gasteiger partial charge in [0.25, 0.3) is 0 Å². The Balaban J connectivity index is 1.60. The van der Waals surface area contributed by atoms with Gasteiger partial charge in [0.2, 0.25) is 5.91 Å². The van der Waals surface area contributed by atoms with Gasteiger partial charge in [0.15, 0.2) is 11.5 Å². The Bertz CT molecular complexity index is 952. The zero-order chi connectivity index (χ0) is 19.9. The van der Waals surface area contributed by atoms with Gasteiger partial charge in [0, 0.05) is 17.1 Å². The third-order valence-corrected chi connectivity index (χ3v) is 4.29. The minimum Gasteiger partial charge on any atom is -0.493 e. The summed E-state index contributed by atoms with van der Waals surface area (Å²) in [6, 6.07) is 21.3. The Morgan fingerprint density at radius 3 is 2.21 bits per heavy atom. The molecule has 1 amide bonds. The smallest absolute Gasteiger partial charge is 0.228 e. The van der Waals surface area contributed by atoms with Crippen molar-refractivity contribution < 1.29 is 14.3 Å². The quantitative estimate of drug-likeness (QED) is 0.613. The average molecular weight is 376 g/mol. The van der Waals surface area contributed by atoms with E-state index in [2.05, 4.69) is 29.7 Å². The first-order valence-electron chi connectivity index (χ1n) is 9.02. The molecule has 0 aromatic heterocycles. The number of carbonyl (C=O) groups is 1. The van der Waals surface area contributed by atoms with Gasteiger partial charge in [0.1, 0.15) is 0 Å². The SMILES string of the molecule is COc1ccc(CC(=O)Nc2ccc(Nc3cccc(C)c3)cc2)cc1OC. The molecule has 0 saturated heterocycles. The van der Waals surface area contributed by atoms with Crippen LogP contribution in [0.5, 0.6) is 11.5 Å². The van der Waals surface area contributed by atoms with Gasteiger partial charge in [-0.15, -0.1) is 0 Å². The van der Waals surface area contributed by atoms with Crippen molar-refractivity contribution in [1.82, 2.24) is 0 Å². The average Bonchev–Trinajstić information content (AvgIpc) is 2.69. The summed E-state index contributed by atoms with van der Waals surface area (Å²) in [7, 11) is 3.16. The van der Waals surface area contributed by atoms with E-state index in [4.69, 9.17) is 9.47 Å². The number of carbonyl (C=O) groups excluding carboxylic acids is 1. The van der Waals surface area contributed by atoms with Crippen molar-refractivity contribution in [3.63, 3.8) is 0 Å². The minimum atomic E-state index is -0.0911. The molecular weight excluding hydrogens is 352 g/mol. The van der Waals surface area contributed by atoms with Crippen molar-refractivity contribution in [3.05, 3.63) is 77.9 Å². The second-order valence-electron chi connectivity index (χ2n) is 6.49. The Morgan fingerprint density at radius 1 is 0.821 bits per heavy atom. The van der Waals surface area contributed by atoms with Gasteiger partial charge in [0.05, 0.1) is 20.6 Å². The zero-order valence-electron chi connectivity index (χ0n) is 16.3. The van der Waals surface area contributed by atoms with Gasteiger partial charge < -0.3 is 20.1 Å². The van der Waals surface area contributed by atoms with E-state index in [0.717, 1.165) is 22.6 Å². The molecule has 5 nitrogen and oxygen atoms in total. The third-order valence-electron chi connectivity index (χ3n) is 4.29. The van der Waals surface area contributed by atoms with Gasteiger partial charge in [-0.25, -0.2) is 0 Å². The van der Waals surface area contributed by atoms with Crippen LogP contribution in [0.2, 0.25) is 0 Å². The molecule has 3 rings (SSSR count). The number of ether oxygens (including phenoxy) is 2. The number of benzene rings is 3. The highest BCUT2D eigenvalue weighted by Crippen LogP contribution is 2.28. The van der Waals surface area contributed by atoms with Crippen LogP contribution in [-0.4, -0.2) is 20.1 Å². The van der Waals surface area contributed by atoms with E-state index in [0.29, 0.717) is 11.5 Å². The molecule has 0 aliphatic rings. The molecule has 0 fully saturated rings. The molecular formula is C23H24N2O3. The Labute approximate surface area is 165 Å². The lowest BCUT2D eigenvalue weighted by atomic mass is 10.1. The number of anilines is 3. The molecule has 5 heteroatoms. The first-order valence-corrected chi connectivity index (χ1v) is 9.02. The van der Waals surface area contributed by atoms with E-state index in [1.54, 1.807) is 20.3 Å². The Hall–Kier alpha value is -3.47. The van der Waals surface area contributed by atoms with E-state index < -0.39 is 0 Å². The molecule has 0 radical (unpaired) electrons. The molecule has 0 saturated carbocycles. The highest BCUT2D eigenvalue weighted by atomic mass is 16.5. The number of hydrogen-bond acceptors (Lipinski definition) is 4. The van der Waals surface area contributed by atoms with Crippen LogP contribution >= 0.6 is 0 Å². The van der Waals surface area contributed by atoms with Gasteiger partial charge in [-0.3, -0.25) is 4.79 Å². The maximum Gasteiger partial charge on any atom is 0.228 e. The van der Waals surface area contributed by atoms with Crippen molar-refractivity contribution in [2.24, 2.45) is 0 Å². The highest BCUT2D eigenvalue weighted by Gasteiger charge is 2.09. The standard InChI is InChI=1S/C23H24N2O3/c1-16-5-4-6-20(13-16)24-18-8-10-19(11-9-18)25-23(26)15-17-7-12-21(27-2)22(14-17)28-3/h4-14,24H,15H2,1-3H3,(H,25,26). The molecule has 0 spiro atoms. The summed E-state index contributed by atoms with van der Waals surface area (Å²) in [5.41, 5.74) is 4.80. The molecule has 0 bridgehead atoms. The summed E-state index contributed by atoms with van der Waals surface area (Å²) in [6.45, 7) is 2.06. The molecule has 0 aliphatic heterocycles. The summed E-state index contributed by atoms with van der Waals surface area (Å²) in [5.74, 6) is 1.16. The molecule has 144 valence electrons. The van der Waals surface area contributed by atoms with E-state index in [1.165, 1.54) is 5.56 Å². The molecule has 0 unspecified atom stereocenters. The van der Waals surface area contributed by atoms with Crippen LogP contribution in [0.1, 0.15) is 11.1 Å². The number of hydrogen-bond donors (Lipinski definition) is 2. The largest absolute Gasteiger partial charge is 0.493 e. The molecule has 3 aromatic rings. The number of nitrogens with one attached hydrogen (secondary N) is 2. The summed E-state index contributed by atoms with van der Waals surface area (Å²) in [4.78, 5) is 12.4. The summed E-state index contributed by atoms with van der Waals surface area (Å²) >= 11 is 0. The predicted octanol–water partition coefficient (Wildman–Crippen LogP) is 4.94. The van der Waals surface area contributed by atoms with Crippen LogP contribution in [0, 0.1) is 6.92 Å². The van der Waals surface area contributed by atoms with Crippen LogP contribution in [0.15, 0.2) is 66.7 Å². The molecule has 2 N–H and O–H groups in total. The fourth-order valence-corrected chi connectivity index (χ4v) is 2.91. The fourth-order valence-electron chi connectivity index (χ4n) is 2.91. The van der Waals surface area contributed by atoms with E-state index in [-0.39, 0.29) is 12.3 Å². The van der Waals surface area contributed by atoms with Crippen molar-refractivity contribution in [2.45, 2.75) is 13.3 Å². The highest BCUT2D eigenvalue weighted by molar-refractivity contribution is 5.92. The van der Waals surface area contributed by atoms with Crippen LogP contribution in [0.3, 0.4) is 0 Å². The maximum absolute atomic E-state index is 12.4. The van der Waals surface area contributed by atoms with E-state index in [9.17, 15) is 4.79 Å². The second-order valence-corrected chi connectivity index (χ2v) is 6.49. The number of rotatable bonds is 7. The van der Waals surface area contributed by atoms with Crippen molar-refractivity contribution in [3.8, 4) is 11.5 Å². The van der Waals surface area contributed by atoms with Crippen LogP contribution in [0.25, 0.3) is 0 Å². The van der Waals surface area contributed by atoms with Gasteiger partial charge in [-0.1, -0.05) is 18.2 Å². The van der Waals surface area contributed by atoms with Crippen LogP contribution in [-0.2, 0) is 11.2 Å². The molecule has 28 heavy (non-hydrogen) atoms. The lowest BCUT2D eigenvalue weighted by Gasteiger charge is -2.11. The summed E-state index contributed by atoms with van der Waals surface area (Å²) in [6.07, 6.45) is 0.254. The lowest BCUT2D eigenvalue weighted by molar-refractivity contribution is -0.115. The summed E-state index contributed by atoms with van der Waals surface area (Å²) < 4.78 is 10.5. The topological polar surface area (TPSA) is 59.6 Å². The Morgan fingerprint density at radius 2 is 1.54 bits per heavy atom. The number of methoxy groups -OCH3 is 2. The van der Waals surface area contributed by atoms with E-state index >= 15 is 0 Å². The zero-order valence-corrected chi connectivity index (χ0v) is 16.3.